The topological polar surface area (TPSA) is 63.3 Å². The predicted molar refractivity (Wildman–Crippen MR) is 96.3 cm³/mol. The van der Waals surface area contributed by atoms with E-state index in [1.165, 1.54) is 12.1 Å². The highest BCUT2D eigenvalue weighted by atomic mass is 19.1. The number of nitrogens with zero attached hydrogens (tertiary/aromatic N) is 2. The molecule has 1 aromatic rings. The first kappa shape index (κ1) is 18.9. The normalized spacial score (nSPS) is 20.9. The number of hydrogen-bond acceptors (Lipinski definition) is 5. The third kappa shape index (κ3) is 4.84. The summed E-state index contributed by atoms with van der Waals surface area (Å²) in [7, 11) is 0. The third-order valence-corrected chi connectivity index (χ3v) is 4.49. The summed E-state index contributed by atoms with van der Waals surface area (Å²) in [6.45, 7) is 6.99. The summed E-state index contributed by atoms with van der Waals surface area (Å²) in [6, 6.07) is 4.21. The molecular formula is C18H26FN3O4. The molecule has 1 N–H and O–H groups in total. The van der Waals surface area contributed by atoms with E-state index in [2.05, 4.69) is 5.32 Å². The Labute approximate surface area is 153 Å². The molecule has 0 radical (unpaired) electrons. The van der Waals surface area contributed by atoms with Crippen molar-refractivity contribution in [3.63, 3.8) is 0 Å². The second kappa shape index (κ2) is 9.16. The van der Waals surface area contributed by atoms with Crippen LogP contribution in [0.1, 0.15) is 6.92 Å². The van der Waals surface area contributed by atoms with Crippen LogP contribution in [0.4, 0.5) is 20.6 Å². The molecule has 7 nitrogen and oxygen atoms in total. The third-order valence-electron chi connectivity index (χ3n) is 4.49. The predicted octanol–water partition coefficient (Wildman–Crippen LogP) is 1.93. The Morgan fingerprint density at radius 3 is 2.88 bits per heavy atom. The average Bonchev–Trinajstić information content (AvgIpc) is 2.68. The Kier molecular flexibility index (Phi) is 6.65. The molecule has 2 heterocycles. The van der Waals surface area contributed by atoms with Crippen molar-refractivity contribution in [3.8, 4) is 0 Å². The summed E-state index contributed by atoms with van der Waals surface area (Å²) in [5.41, 5.74) is 1.28. The highest BCUT2D eigenvalue weighted by molar-refractivity contribution is 5.93. The number of amides is 2. The minimum Gasteiger partial charge on any atom is -0.379 e. The van der Waals surface area contributed by atoms with E-state index in [-0.39, 0.29) is 18.0 Å². The van der Waals surface area contributed by atoms with Gasteiger partial charge in [-0.25, -0.2) is 9.18 Å². The van der Waals surface area contributed by atoms with Gasteiger partial charge < -0.3 is 29.3 Å². The number of carbonyl (C=O) groups excluding carboxylic acids is 1. The molecule has 2 aliphatic heterocycles. The van der Waals surface area contributed by atoms with Crippen LogP contribution < -0.4 is 10.2 Å². The number of urea groups is 1. The second-order valence-electron chi connectivity index (χ2n) is 6.29. The van der Waals surface area contributed by atoms with E-state index in [1.54, 1.807) is 11.0 Å². The van der Waals surface area contributed by atoms with Gasteiger partial charge in [-0.05, 0) is 25.1 Å². The van der Waals surface area contributed by atoms with Crippen LogP contribution >= 0.6 is 0 Å². The Morgan fingerprint density at radius 1 is 1.31 bits per heavy atom. The van der Waals surface area contributed by atoms with Crippen LogP contribution in [0.5, 0.6) is 0 Å². The number of rotatable bonds is 5. The molecule has 2 saturated heterocycles. The Bertz CT molecular complexity index is 610. The number of hydrogen-bond donors (Lipinski definition) is 1. The molecule has 8 heteroatoms. The quantitative estimate of drug-likeness (QED) is 0.862. The highest BCUT2D eigenvalue weighted by Crippen LogP contribution is 2.28. The van der Waals surface area contributed by atoms with E-state index >= 15 is 0 Å². The summed E-state index contributed by atoms with van der Waals surface area (Å²) in [5, 5.41) is 2.92. The summed E-state index contributed by atoms with van der Waals surface area (Å²) in [4.78, 5) is 16.4. The first-order chi connectivity index (χ1) is 12.7. The summed E-state index contributed by atoms with van der Waals surface area (Å²) >= 11 is 0. The molecule has 0 saturated carbocycles. The maximum atomic E-state index is 13.8. The van der Waals surface area contributed by atoms with E-state index < -0.39 is 0 Å². The van der Waals surface area contributed by atoms with Gasteiger partial charge in [0.2, 0.25) is 0 Å². The van der Waals surface area contributed by atoms with Crippen LogP contribution in [0.3, 0.4) is 0 Å². The average molecular weight is 367 g/mol. The fourth-order valence-electron chi connectivity index (χ4n) is 3.12. The molecule has 0 bridgehead atoms. The van der Waals surface area contributed by atoms with E-state index in [1.807, 2.05) is 11.8 Å². The first-order valence-corrected chi connectivity index (χ1v) is 9.05. The van der Waals surface area contributed by atoms with Gasteiger partial charge in [-0.1, -0.05) is 0 Å². The zero-order valence-electron chi connectivity index (χ0n) is 15.1. The van der Waals surface area contributed by atoms with Crippen molar-refractivity contribution >= 4 is 17.4 Å². The number of halogens is 1. The molecule has 26 heavy (non-hydrogen) atoms. The molecular weight excluding hydrogens is 341 g/mol. The van der Waals surface area contributed by atoms with Crippen molar-refractivity contribution in [1.82, 2.24) is 4.90 Å². The minimum atomic E-state index is -0.326. The zero-order valence-corrected chi connectivity index (χ0v) is 15.1. The number of benzene rings is 1. The molecule has 1 aromatic carbocycles. The monoisotopic (exact) mass is 367 g/mol. The van der Waals surface area contributed by atoms with Crippen molar-refractivity contribution in [2.24, 2.45) is 0 Å². The van der Waals surface area contributed by atoms with E-state index in [4.69, 9.17) is 14.2 Å². The number of nitrogens with one attached hydrogen (secondary N) is 1. The molecule has 0 aromatic heterocycles. The minimum absolute atomic E-state index is 0.124. The number of ether oxygens (including phenoxy) is 3. The van der Waals surface area contributed by atoms with Crippen molar-refractivity contribution in [2.75, 3.05) is 69.4 Å². The molecule has 3 rings (SSSR count). The van der Waals surface area contributed by atoms with Gasteiger partial charge in [0.15, 0.2) is 0 Å². The largest absolute Gasteiger partial charge is 0.379 e. The van der Waals surface area contributed by atoms with E-state index in [0.29, 0.717) is 70.6 Å². The van der Waals surface area contributed by atoms with Gasteiger partial charge in [0.05, 0.1) is 50.5 Å². The van der Waals surface area contributed by atoms with Crippen molar-refractivity contribution in [3.05, 3.63) is 24.0 Å². The van der Waals surface area contributed by atoms with Crippen molar-refractivity contribution in [2.45, 2.75) is 13.0 Å². The van der Waals surface area contributed by atoms with Gasteiger partial charge in [-0.3, -0.25) is 0 Å². The molecule has 2 amide bonds. The van der Waals surface area contributed by atoms with E-state index in [0.717, 1.165) is 0 Å². The maximum absolute atomic E-state index is 13.8. The fourth-order valence-corrected chi connectivity index (χ4v) is 3.12. The molecule has 1 unspecified atom stereocenters. The maximum Gasteiger partial charge on any atom is 0.322 e. The van der Waals surface area contributed by atoms with Crippen molar-refractivity contribution in [1.29, 1.82) is 0 Å². The standard InChI is InChI=1S/C18H26FN3O4/c1-2-24-13-15-12-22(7-10-26-15)18(23)20-16-4-3-14(19)11-17(16)21-5-8-25-9-6-21/h3-4,11,15H,2,5-10,12-13H2,1H3,(H,20,23). The van der Waals surface area contributed by atoms with Crippen LogP contribution in [-0.4, -0.2) is 76.2 Å². The fraction of sp³-hybridized carbons (Fsp3) is 0.611. The van der Waals surface area contributed by atoms with Crippen LogP contribution in [0.2, 0.25) is 0 Å². The van der Waals surface area contributed by atoms with Crippen LogP contribution in [0.25, 0.3) is 0 Å². The van der Waals surface area contributed by atoms with Gasteiger partial charge in [0, 0.05) is 26.2 Å². The lowest BCUT2D eigenvalue weighted by Crippen LogP contribution is -2.49. The van der Waals surface area contributed by atoms with Gasteiger partial charge in [-0.2, -0.15) is 0 Å². The zero-order chi connectivity index (χ0) is 18.4. The lowest BCUT2D eigenvalue weighted by molar-refractivity contribution is -0.0555. The second-order valence-corrected chi connectivity index (χ2v) is 6.29. The lowest BCUT2D eigenvalue weighted by atomic mass is 10.2. The Balaban J connectivity index is 1.66. The molecule has 144 valence electrons. The number of carbonyl (C=O) groups is 1. The van der Waals surface area contributed by atoms with Crippen molar-refractivity contribution < 1.29 is 23.4 Å². The van der Waals surface area contributed by atoms with Gasteiger partial charge in [-0.15, -0.1) is 0 Å². The summed E-state index contributed by atoms with van der Waals surface area (Å²) in [5.74, 6) is -0.326. The molecule has 0 spiro atoms. The van der Waals surface area contributed by atoms with E-state index in [9.17, 15) is 9.18 Å². The van der Waals surface area contributed by atoms with Gasteiger partial charge in [0.25, 0.3) is 0 Å². The smallest absolute Gasteiger partial charge is 0.322 e. The van der Waals surface area contributed by atoms with Crippen LogP contribution in [0, 0.1) is 5.82 Å². The lowest BCUT2D eigenvalue weighted by Gasteiger charge is -2.34. The summed E-state index contributed by atoms with van der Waals surface area (Å²) in [6.07, 6.45) is -0.124. The summed E-state index contributed by atoms with van der Waals surface area (Å²) < 4.78 is 30.1. The van der Waals surface area contributed by atoms with Gasteiger partial charge in [0.1, 0.15) is 5.82 Å². The SMILES string of the molecule is CCOCC1CN(C(=O)Nc2ccc(F)cc2N2CCOCC2)CCO1. The van der Waals surface area contributed by atoms with Gasteiger partial charge >= 0.3 is 6.03 Å². The van der Waals surface area contributed by atoms with Crippen LogP contribution in [0.15, 0.2) is 18.2 Å². The molecule has 1 atom stereocenters. The molecule has 0 aliphatic carbocycles. The Hall–Kier alpha value is -1.90. The molecule has 2 fully saturated rings. The molecule has 2 aliphatic rings. The Morgan fingerprint density at radius 2 is 2.12 bits per heavy atom. The first-order valence-electron chi connectivity index (χ1n) is 9.05. The number of morpholine rings is 2. The van der Waals surface area contributed by atoms with Crippen LogP contribution in [-0.2, 0) is 14.2 Å². The highest BCUT2D eigenvalue weighted by Gasteiger charge is 2.25. The number of anilines is 2.